The van der Waals surface area contributed by atoms with Gasteiger partial charge >= 0.3 is 0 Å². The van der Waals surface area contributed by atoms with E-state index in [4.69, 9.17) is 9.26 Å². The minimum atomic E-state index is -2.49. The quantitative estimate of drug-likeness (QED) is 0.331. The normalized spacial score (nSPS) is 11.4. The number of aliphatic imine (C=N–C) groups is 1. The van der Waals surface area contributed by atoms with Gasteiger partial charge in [-0.2, -0.15) is 0 Å². The number of halogens is 3. The molecule has 0 saturated carbocycles. The predicted octanol–water partition coefficient (Wildman–Crippen LogP) is 3.93. The molecule has 1 aromatic heterocycles. The van der Waals surface area contributed by atoms with Crippen molar-refractivity contribution < 1.29 is 18.0 Å². The first-order valence-electron chi connectivity index (χ1n) is 8.37. The molecule has 6 nitrogen and oxygen atoms in total. The van der Waals surface area contributed by atoms with Crippen LogP contribution in [0.2, 0.25) is 0 Å². The van der Waals surface area contributed by atoms with E-state index < -0.39 is 13.0 Å². The van der Waals surface area contributed by atoms with E-state index in [2.05, 4.69) is 34.6 Å². The van der Waals surface area contributed by atoms with Crippen LogP contribution in [0.1, 0.15) is 36.8 Å². The highest BCUT2D eigenvalue weighted by Crippen LogP contribution is 2.15. The third kappa shape index (κ3) is 8.10. The first-order valence-corrected chi connectivity index (χ1v) is 8.37. The standard InChI is InChI=1S/C18H24F2N4O2.HI/c1-12(2)16-8-15(26-24-16)10-23-18(21-3)22-9-13-5-4-6-14(7-13)25-11-17(19)20;/h4-8,12,17H,9-11H2,1-3H3,(H2,21,22,23);1H. The maximum absolute atomic E-state index is 12.2. The number of hydrogen-bond acceptors (Lipinski definition) is 4. The average Bonchev–Trinajstić information content (AvgIpc) is 3.10. The Bertz CT molecular complexity index is 723. The third-order valence-corrected chi connectivity index (χ3v) is 3.56. The summed E-state index contributed by atoms with van der Waals surface area (Å²) in [7, 11) is 1.66. The lowest BCUT2D eigenvalue weighted by atomic mass is 10.1. The fourth-order valence-corrected chi connectivity index (χ4v) is 2.17. The molecule has 0 saturated heterocycles. The summed E-state index contributed by atoms with van der Waals surface area (Å²) in [6.07, 6.45) is -2.49. The SMILES string of the molecule is CN=C(NCc1cccc(OCC(F)F)c1)NCc1cc(C(C)C)no1.I. The van der Waals surface area contributed by atoms with Gasteiger partial charge in [0.2, 0.25) is 0 Å². The number of aromatic nitrogens is 1. The summed E-state index contributed by atoms with van der Waals surface area (Å²) in [5, 5.41) is 10.3. The fourth-order valence-electron chi connectivity index (χ4n) is 2.17. The molecule has 0 unspecified atom stereocenters. The monoisotopic (exact) mass is 494 g/mol. The van der Waals surface area contributed by atoms with Crippen LogP contribution in [0.25, 0.3) is 0 Å². The molecule has 2 N–H and O–H groups in total. The van der Waals surface area contributed by atoms with Crippen molar-refractivity contribution in [2.24, 2.45) is 4.99 Å². The largest absolute Gasteiger partial charge is 0.488 e. The molecule has 2 rings (SSSR count). The Kier molecular flexibility index (Phi) is 10.0. The van der Waals surface area contributed by atoms with Gasteiger partial charge in [-0.05, 0) is 23.6 Å². The molecule has 9 heteroatoms. The Morgan fingerprint density at radius 2 is 1.96 bits per heavy atom. The average molecular weight is 494 g/mol. The van der Waals surface area contributed by atoms with E-state index in [0.29, 0.717) is 30.7 Å². The Morgan fingerprint density at radius 1 is 1.22 bits per heavy atom. The summed E-state index contributed by atoms with van der Waals surface area (Å²) in [5.41, 5.74) is 1.80. The molecule has 1 aromatic carbocycles. The maximum Gasteiger partial charge on any atom is 0.272 e. The van der Waals surface area contributed by atoms with Crippen molar-refractivity contribution in [1.29, 1.82) is 0 Å². The molecule has 0 aliphatic heterocycles. The molecule has 0 atom stereocenters. The molecule has 2 aromatic rings. The number of nitrogens with one attached hydrogen (secondary N) is 2. The van der Waals surface area contributed by atoms with Crippen molar-refractivity contribution in [1.82, 2.24) is 15.8 Å². The summed E-state index contributed by atoms with van der Waals surface area (Å²) in [6.45, 7) is 4.41. The van der Waals surface area contributed by atoms with Crippen LogP contribution in [-0.2, 0) is 13.1 Å². The van der Waals surface area contributed by atoms with E-state index in [1.54, 1.807) is 25.2 Å². The Hall–Kier alpha value is -1.91. The Balaban J connectivity index is 0.00000364. The lowest BCUT2D eigenvalue weighted by Crippen LogP contribution is -2.36. The number of alkyl halides is 2. The van der Waals surface area contributed by atoms with E-state index >= 15 is 0 Å². The minimum Gasteiger partial charge on any atom is -0.488 e. The van der Waals surface area contributed by atoms with Crippen molar-refractivity contribution in [3.8, 4) is 5.75 Å². The van der Waals surface area contributed by atoms with Crippen LogP contribution >= 0.6 is 24.0 Å². The van der Waals surface area contributed by atoms with E-state index in [0.717, 1.165) is 17.0 Å². The van der Waals surface area contributed by atoms with Crippen LogP contribution in [0.5, 0.6) is 5.75 Å². The van der Waals surface area contributed by atoms with Gasteiger partial charge in [0.05, 0.1) is 12.2 Å². The smallest absolute Gasteiger partial charge is 0.272 e. The van der Waals surface area contributed by atoms with E-state index in [1.165, 1.54) is 0 Å². The molecule has 0 radical (unpaired) electrons. The second-order valence-electron chi connectivity index (χ2n) is 6.00. The molecule has 0 fully saturated rings. The number of nitrogens with zero attached hydrogens (tertiary/aromatic N) is 2. The highest BCUT2D eigenvalue weighted by molar-refractivity contribution is 14.0. The Labute approximate surface area is 174 Å². The van der Waals surface area contributed by atoms with Crippen LogP contribution < -0.4 is 15.4 Å². The number of guanidine groups is 1. The molecule has 0 aliphatic rings. The zero-order valence-electron chi connectivity index (χ0n) is 15.5. The van der Waals surface area contributed by atoms with Gasteiger partial charge in [-0.25, -0.2) is 8.78 Å². The molecule has 0 aliphatic carbocycles. The number of hydrogen-bond donors (Lipinski definition) is 2. The van der Waals surface area contributed by atoms with Gasteiger partial charge in [-0.3, -0.25) is 4.99 Å². The minimum absolute atomic E-state index is 0. The van der Waals surface area contributed by atoms with E-state index in [9.17, 15) is 8.78 Å². The van der Waals surface area contributed by atoms with Gasteiger partial charge in [0.1, 0.15) is 12.4 Å². The van der Waals surface area contributed by atoms with Gasteiger partial charge in [0, 0.05) is 19.7 Å². The second kappa shape index (κ2) is 11.7. The maximum atomic E-state index is 12.2. The van der Waals surface area contributed by atoms with Crippen molar-refractivity contribution in [2.45, 2.75) is 39.3 Å². The Morgan fingerprint density at radius 3 is 2.59 bits per heavy atom. The number of benzene rings is 1. The van der Waals surface area contributed by atoms with Gasteiger partial charge in [0.15, 0.2) is 11.7 Å². The van der Waals surface area contributed by atoms with Gasteiger partial charge in [0.25, 0.3) is 6.43 Å². The summed E-state index contributed by atoms with van der Waals surface area (Å²) in [4.78, 5) is 4.14. The van der Waals surface area contributed by atoms with Crippen LogP contribution in [0.15, 0.2) is 39.8 Å². The van der Waals surface area contributed by atoms with Crippen LogP contribution in [0.4, 0.5) is 8.78 Å². The highest BCUT2D eigenvalue weighted by atomic mass is 127. The molecule has 0 amide bonds. The molecule has 0 bridgehead atoms. The van der Waals surface area contributed by atoms with Crippen molar-refractivity contribution in [3.05, 3.63) is 47.3 Å². The van der Waals surface area contributed by atoms with Crippen LogP contribution in [0.3, 0.4) is 0 Å². The summed E-state index contributed by atoms with van der Waals surface area (Å²) >= 11 is 0. The molecule has 27 heavy (non-hydrogen) atoms. The molecule has 1 heterocycles. The lowest BCUT2D eigenvalue weighted by molar-refractivity contribution is 0.0818. The summed E-state index contributed by atoms with van der Waals surface area (Å²) in [5.74, 6) is 2.03. The first-order chi connectivity index (χ1) is 12.5. The molecular formula is C18H25F2IN4O2. The third-order valence-electron chi connectivity index (χ3n) is 3.56. The molecule has 0 spiro atoms. The van der Waals surface area contributed by atoms with Crippen molar-refractivity contribution >= 4 is 29.9 Å². The van der Waals surface area contributed by atoms with Gasteiger partial charge in [-0.1, -0.05) is 31.1 Å². The second-order valence-corrected chi connectivity index (χ2v) is 6.00. The first kappa shape index (κ1) is 23.1. The summed E-state index contributed by atoms with van der Waals surface area (Å²) in [6, 6.07) is 8.91. The molecular weight excluding hydrogens is 469 g/mol. The zero-order chi connectivity index (χ0) is 18.9. The molecule has 150 valence electrons. The van der Waals surface area contributed by atoms with Gasteiger partial charge < -0.3 is 19.9 Å². The summed E-state index contributed by atoms with van der Waals surface area (Å²) < 4.78 is 34.7. The van der Waals surface area contributed by atoms with Crippen molar-refractivity contribution in [2.75, 3.05) is 13.7 Å². The number of ether oxygens (including phenoxy) is 1. The van der Waals surface area contributed by atoms with E-state index in [1.807, 2.05) is 12.1 Å². The zero-order valence-corrected chi connectivity index (χ0v) is 17.9. The van der Waals surface area contributed by atoms with Gasteiger partial charge in [-0.15, -0.1) is 24.0 Å². The fraction of sp³-hybridized carbons (Fsp3) is 0.444. The van der Waals surface area contributed by atoms with Crippen LogP contribution in [-0.4, -0.2) is 31.2 Å². The topological polar surface area (TPSA) is 71.7 Å². The lowest BCUT2D eigenvalue weighted by Gasteiger charge is -2.12. The number of rotatable bonds is 8. The van der Waals surface area contributed by atoms with E-state index in [-0.39, 0.29) is 24.0 Å². The van der Waals surface area contributed by atoms with Crippen molar-refractivity contribution in [3.63, 3.8) is 0 Å². The predicted molar refractivity (Wildman–Crippen MR) is 111 cm³/mol. The highest BCUT2D eigenvalue weighted by Gasteiger charge is 2.08. The van der Waals surface area contributed by atoms with Crippen LogP contribution in [0, 0.1) is 0 Å².